The number of piperidine rings is 1. The molecule has 1 amide bonds. The summed E-state index contributed by atoms with van der Waals surface area (Å²) in [5, 5.41) is 10.1. The van der Waals surface area contributed by atoms with Gasteiger partial charge in [0.05, 0.1) is 0 Å². The van der Waals surface area contributed by atoms with Crippen LogP contribution in [0.4, 0.5) is 0 Å². The number of hydrogen-bond acceptors (Lipinski definition) is 2. The van der Waals surface area contributed by atoms with E-state index in [-0.39, 0.29) is 5.91 Å². The summed E-state index contributed by atoms with van der Waals surface area (Å²) < 4.78 is 0. The van der Waals surface area contributed by atoms with Crippen molar-refractivity contribution in [3.63, 3.8) is 0 Å². The van der Waals surface area contributed by atoms with Gasteiger partial charge in [-0.15, -0.1) is 0 Å². The molecule has 1 heterocycles. The van der Waals surface area contributed by atoms with Crippen LogP contribution in [-0.2, 0) is 9.59 Å². The molecule has 0 saturated carbocycles. The molecule has 0 unspecified atom stereocenters. The minimum atomic E-state index is -0.956. The monoisotopic (exact) mass is 327 g/mol. The zero-order chi connectivity index (χ0) is 15.4. The van der Waals surface area contributed by atoms with Gasteiger partial charge in [-0.05, 0) is 49.1 Å². The molecule has 0 spiro atoms. The number of benzene rings is 1. The molecule has 1 saturated heterocycles. The first-order chi connectivity index (χ1) is 9.97. The number of hydrogen-bond donors (Lipinski definition) is 1. The third kappa shape index (κ3) is 4.22. The average Bonchev–Trinajstić information content (AvgIpc) is 2.43. The van der Waals surface area contributed by atoms with Gasteiger partial charge < -0.3 is 10.0 Å². The fourth-order valence-corrected chi connectivity index (χ4v) is 2.93. The Balaban J connectivity index is 2.12. The molecule has 1 aromatic carbocycles. The molecule has 1 atom stereocenters. The highest BCUT2D eigenvalue weighted by molar-refractivity contribution is 6.34. The maximum atomic E-state index is 12.2. The molecule has 1 fully saturated rings. The van der Waals surface area contributed by atoms with Crippen molar-refractivity contribution in [2.75, 3.05) is 6.54 Å². The number of carboxylic acid groups (broad SMARTS) is 1. The molecule has 4 nitrogen and oxygen atoms in total. The molecular weight excluding hydrogens is 313 g/mol. The quantitative estimate of drug-likeness (QED) is 0.865. The van der Waals surface area contributed by atoms with Gasteiger partial charge in [0, 0.05) is 22.7 Å². The molecule has 1 aromatic rings. The Kier molecular flexibility index (Phi) is 5.26. The summed E-state index contributed by atoms with van der Waals surface area (Å²) in [4.78, 5) is 24.7. The minimum absolute atomic E-state index is 0.307. The van der Waals surface area contributed by atoms with Crippen LogP contribution in [0.2, 0.25) is 10.0 Å². The highest BCUT2D eigenvalue weighted by atomic mass is 35.5. The summed E-state index contributed by atoms with van der Waals surface area (Å²) in [6.07, 6.45) is 5.11. The molecule has 0 bridgehead atoms. The van der Waals surface area contributed by atoms with Crippen LogP contribution in [0.15, 0.2) is 24.3 Å². The number of nitrogens with zero attached hydrogens (tertiary/aromatic N) is 1. The van der Waals surface area contributed by atoms with Crippen LogP contribution in [-0.4, -0.2) is 34.5 Å². The molecule has 1 aliphatic rings. The highest BCUT2D eigenvalue weighted by Gasteiger charge is 2.30. The van der Waals surface area contributed by atoms with Gasteiger partial charge in [0.2, 0.25) is 5.91 Å². The Labute approximate surface area is 133 Å². The van der Waals surface area contributed by atoms with Gasteiger partial charge in [0.25, 0.3) is 0 Å². The Hall–Kier alpha value is -1.52. The maximum absolute atomic E-state index is 12.2. The van der Waals surface area contributed by atoms with Crippen LogP contribution in [0.25, 0.3) is 6.08 Å². The van der Waals surface area contributed by atoms with E-state index in [0.717, 1.165) is 12.8 Å². The van der Waals surface area contributed by atoms with Crippen molar-refractivity contribution in [2.45, 2.75) is 25.3 Å². The van der Waals surface area contributed by atoms with E-state index in [2.05, 4.69) is 0 Å². The fraction of sp³-hybridized carbons (Fsp3) is 0.333. The topological polar surface area (TPSA) is 57.6 Å². The lowest BCUT2D eigenvalue weighted by molar-refractivity contribution is -0.150. The summed E-state index contributed by atoms with van der Waals surface area (Å²) in [6.45, 7) is 0.469. The van der Waals surface area contributed by atoms with Crippen LogP contribution >= 0.6 is 23.2 Å². The number of halogens is 2. The first-order valence-electron chi connectivity index (χ1n) is 6.65. The van der Waals surface area contributed by atoms with Crippen LogP contribution in [0.3, 0.4) is 0 Å². The van der Waals surface area contributed by atoms with E-state index in [9.17, 15) is 9.59 Å². The van der Waals surface area contributed by atoms with Gasteiger partial charge in [0.15, 0.2) is 0 Å². The number of carbonyl (C=O) groups excluding carboxylic acids is 1. The van der Waals surface area contributed by atoms with Crippen molar-refractivity contribution in [1.29, 1.82) is 0 Å². The van der Waals surface area contributed by atoms with Crippen molar-refractivity contribution in [3.8, 4) is 0 Å². The van der Waals surface area contributed by atoms with Gasteiger partial charge in [-0.3, -0.25) is 4.79 Å². The van der Waals surface area contributed by atoms with Gasteiger partial charge in [0.1, 0.15) is 6.04 Å². The fourth-order valence-electron chi connectivity index (χ4n) is 2.39. The van der Waals surface area contributed by atoms with E-state index in [4.69, 9.17) is 28.3 Å². The van der Waals surface area contributed by atoms with Crippen LogP contribution in [0.5, 0.6) is 0 Å². The van der Waals surface area contributed by atoms with E-state index in [0.29, 0.717) is 28.6 Å². The number of rotatable bonds is 3. The minimum Gasteiger partial charge on any atom is -0.480 e. The largest absolute Gasteiger partial charge is 0.480 e. The Morgan fingerprint density at radius 3 is 2.48 bits per heavy atom. The molecule has 0 aliphatic carbocycles. The molecule has 1 aliphatic heterocycles. The molecule has 112 valence electrons. The number of amides is 1. The summed E-state index contributed by atoms with van der Waals surface area (Å²) >= 11 is 11.8. The van der Waals surface area contributed by atoms with Gasteiger partial charge in [-0.25, -0.2) is 4.79 Å². The summed E-state index contributed by atoms with van der Waals surface area (Å²) in [6, 6.07) is 4.23. The Bertz CT molecular complexity index is 566. The normalized spacial score (nSPS) is 19.0. The number of aliphatic carboxylic acids is 1. The lowest BCUT2D eigenvalue weighted by Crippen LogP contribution is -2.47. The van der Waals surface area contributed by atoms with E-state index >= 15 is 0 Å². The average molecular weight is 328 g/mol. The van der Waals surface area contributed by atoms with Gasteiger partial charge in [-0.1, -0.05) is 23.2 Å². The molecule has 1 N–H and O–H groups in total. The van der Waals surface area contributed by atoms with Crippen molar-refractivity contribution >= 4 is 41.2 Å². The third-order valence-corrected chi connectivity index (χ3v) is 3.81. The van der Waals surface area contributed by atoms with Crippen LogP contribution in [0.1, 0.15) is 24.8 Å². The summed E-state index contributed by atoms with van der Waals surface area (Å²) in [7, 11) is 0. The van der Waals surface area contributed by atoms with Crippen molar-refractivity contribution in [3.05, 3.63) is 39.9 Å². The van der Waals surface area contributed by atoms with Crippen molar-refractivity contribution in [1.82, 2.24) is 4.90 Å². The van der Waals surface area contributed by atoms with E-state index in [1.807, 2.05) is 0 Å². The second kappa shape index (κ2) is 6.96. The predicted molar refractivity (Wildman–Crippen MR) is 82.5 cm³/mol. The smallest absolute Gasteiger partial charge is 0.326 e. The molecule has 0 aromatic heterocycles. The number of carboxylic acids is 1. The van der Waals surface area contributed by atoms with E-state index in [1.54, 1.807) is 24.3 Å². The van der Waals surface area contributed by atoms with E-state index in [1.165, 1.54) is 11.0 Å². The first-order valence-corrected chi connectivity index (χ1v) is 7.40. The number of likely N-dealkylation sites (tertiary alicyclic amines) is 1. The number of carbonyl (C=O) groups is 2. The molecular formula is C15H15Cl2NO3. The first kappa shape index (κ1) is 15.9. The highest BCUT2D eigenvalue weighted by Crippen LogP contribution is 2.21. The Morgan fingerprint density at radius 2 is 1.86 bits per heavy atom. The van der Waals surface area contributed by atoms with E-state index < -0.39 is 12.0 Å². The SMILES string of the molecule is O=C(O)[C@H]1CCCCN1C(=O)C=Cc1cc(Cl)cc(Cl)c1. The Morgan fingerprint density at radius 1 is 1.19 bits per heavy atom. The molecule has 2 rings (SSSR count). The zero-order valence-electron chi connectivity index (χ0n) is 11.3. The van der Waals surface area contributed by atoms with Gasteiger partial charge >= 0.3 is 5.97 Å². The maximum Gasteiger partial charge on any atom is 0.326 e. The lowest BCUT2D eigenvalue weighted by atomic mass is 10.0. The van der Waals surface area contributed by atoms with Gasteiger partial charge in [-0.2, -0.15) is 0 Å². The summed E-state index contributed by atoms with van der Waals surface area (Å²) in [5.74, 6) is -1.26. The second-order valence-corrected chi connectivity index (χ2v) is 5.79. The van der Waals surface area contributed by atoms with Crippen LogP contribution < -0.4 is 0 Å². The summed E-state index contributed by atoms with van der Waals surface area (Å²) in [5.41, 5.74) is 0.699. The zero-order valence-corrected chi connectivity index (χ0v) is 12.8. The second-order valence-electron chi connectivity index (χ2n) is 4.92. The molecule has 21 heavy (non-hydrogen) atoms. The third-order valence-electron chi connectivity index (χ3n) is 3.37. The molecule has 6 heteroatoms. The van der Waals surface area contributed by atoms with Crippen molar-refractivity contribution in [2.24, 2.45) is 0 Å². The molecule has 0 radical (unpaired) electrons. The predicted octanol–water partition coefficient (Wildman–Crippen LogP) is 3.47. The lowest BCUT2D eigenvalue weighted by Gasteiger charge is -2.32. The standard InChI is InChI=1S/C15H15Cl2NO3/c16-11-7-10(8-12(17)9-11)4-5-14(19)18-6-2-1-3-13(18)15(20)21/h4-5,7-9,13H,1-3,6H2,(H,20,21)/t13-/m1/s1. The van der Waals surface area contributed by atoms with Crippen LogP contribution in [0, 0.1) is 0 Å². The van der Waals surface area contributed by atoms with Crippen molar-refractivity contribution < 1.29 is 14.7 Å².